The summed E-state index contributed by atoms with van der Waals surface area (Å²) in [6, 6.07) is 0.708. The fraction of sp³-hybridized carbons (Fsp3) is 1.00. The molecule has 1 aliphatic carbocycles. The number of rotatable bonds is 2. The predicted molar refractivity (Wildman–Crippen MR) is 66.2 cm³/mol. The number of hydrogen-bond donors (Lipinski definition) is 2. The molecule has 0 bridgehead atoms. The second kappa shape index (κ2) is 5.48. The van der Waals surface area contributed by atoms with E-state index >= 15 is 0 Å². The van der Waals surface area contributed by atoms with Gasteiger partial charge in [0.15, 0.2) is 0 Å². The number of aliphatic hydroxyl groups excluding tert-OH is 1. The lowest BCUT2D eigenvalue weighted by Gasteiger charge is -2.31. The van der Waals surface area contributed by atoms with Gasteiger partial charge in [-0.1, -0.05) is 19.3 Å². The molecule has 3 heteroatoms. The van der Waals surface area contributed by atoms with Gasteiger partial charge < -0.3 is 10.8 Å². The first-order valence-electron chi connectivity index (χ1n) is 6.86. The van der Waals surface area contributed by atoms with Crippen molar-refractivity contribution in [3.63, 3.8) is 0 Å². The second-order valence-corrected chi connectivity index (χ2v) is 5.68. The van der Waals surface area contributed by atoms with E-state index in [2.05, 4.69) is 11.8 Å². The van der Waals surface area contributed by atoms with Crippen molar-refractivity contribution in [2.75, 3.05) is 13.1 Å². The lowest BCUT2D eigenvalue weighted by atomic mass is 10.0. The van der Waals surface area contributed by atoms with Gasteiger partial charge in [-0.25, -0.2) is 0 Å². The van der Waals surface area contributed by atoms with Gasteiger partial charge in [-0.05, 0) is 38.6 Å². The molecule has 1 aliphatic heterocycles. The third-order valence-electron chi connectivity index (χ3n) is 4.41. The van der Waals surface area contributed by atoms with Crippen molar-refractivity contribution in [1.82, 2.24) is 4.90 Å². The maximum atomic E-state index is 10.2. The molecule has 0 aromatic heterocycles. The van der Waals surface area contributed by atoms with Crippen molar-refractivity contribution in [1.29, 1.82) is 0 Å². The standard InChI is InChI=1S/C13H26N2O/c1-10(14)11-7-8-15(9-11)12-5-3-2-4-6-13(12)16/h10-13,16H,2-9,14H2,1H3. The van der Waals surface area contributed by atoms with Crippen LogP contribution in [0.3, 0.4) is 0 Å². The third kappa shape index (κ3) is 2.76. The molecule has 4 atom stereocenters. The van der Waals surface area contributed by atoms with E-state index < -0.39 is 0 Å². The van der Waals surface area contributed by atoms with Gasteiger partial charge in [0.1, 0.15) is 0 Å². The highest BCUT2D eigenvalue weighted by atomic mass is 16.3. The molecular weight excluding hydrogens is 200 g/mol. The van der Waals surface area contributed by atoms with Gasteiger partial charge in [0.2, 0.25) is 0 Å². The number of likely N-dealkylation sites (tertiary alicyclic amines) is 1. The largest absolute Gasteiger partial charge is 0.391 e. The van der Waals surface area contributed by atoms with Crippen LogP contribution in [-0.2, 0) is 0 Å². The van der Waals surface area contributed by atoms with Gasteiger partial charge in [0, 0.05) is 18.6 Å². The fourth-order valence-corrected chi connectivity index (χ4v) is 3.24. The Morgan fingerprint density at radius 1 is 1.19 bits per heavy atom. The molecule has 3 nitrogen and oxygen atoms in total. The fourth-order valence-electron chi connectivity index (χ4n) is 3.24. The van der Waals surface area contributed by atoms with Crippen molar-refractivity contribution in [2.24, 2.45) is 11.7 Å². The average Bonchev–Trinajstić information content (AvgIpc) is 2.63. The van der Waals surface area contributed by atoms with Gasteiger partial charge in [0.25, 0.3) is 0 Å². The van der Waals surface area contributed by atoms with E-state index in [1.165, 1.54) is 32.1 Å². The first-order valence-corrected chi connectivity index (χ1v) is 6.86. The molecule has 2 fully saturated rings. The van der Waals surface area contributed by atoms with E-state index in [4.69, 9.17) is 5.73 Å². The summed E-state index contributed by atoms with van der Waals surface area (Å²) >= 11 is 0. The van der Waals surface area contributed by atoms with Crippen LogP contribution in [0.15, 0.2) is 0 Å². The average molecular weight is 226 g/mol. The minimum atomic E-state index is -0.102. The number of hydrogen-bond acceptors (Lipinski definition) is 3. The zero-order valence-corrected chi connectivity index (χ0v) is 10.4. The van der Waals surface area contributed by atoms with Crippen molar-refractivity contribution in [3.8, 4) is 0 Å². The Balaban J connectivity index is 1.91. The molecule has 4 unspecified atom stereocenters. The molecule has 1 heterocycles. The maximum Gasteiger partial charge on any atom is 0.0695 e. The van der Waals surface area contributed by atoms with Gasteiger partial charge in [-0.2, -0.15) is 0 Å². The van der Waals surface area contributed by atoms with Crippen LogP contribution in [0, 0.1) is 5.92 Å². The summed E-state index contributed by atoms with van der Waals surface area (Å²) in [7, 11) is 0. The normalized spacial score (nSPS) is 39.6. The molecule has 94 valence electrons. The second-order valence-electron chi connectivity index (χ2n) is 5.68. The quantitative estimate of drug-likeness (QED) is 0.699. The van der Waals surface area contributed by atoms with E-state index in [-0.39, 0.29) is 6.10 Å². The first kappa shape index (κ1) is 12.3. The number of nitrogens with zero attached hydrogens (tertiary/aromatic N) is 1. The Bertz CT molecular complexity index is 220. The predicted octanol–water partition coefficient (Wildman–Crippen LogP) is 1.35. The minimum absolute atomic E-state index is 0.102. The summed E-state index contributed by atoms with van der Waals surface area (Å²) < 4.78 is 0. The van der Waals surface area contributed by atoms with Crippen LogP contribution in [0.1, 0.15) is 45.4 Å². The van der Waals surface area contributed by atoms with E-state index in [1.807, 2.05) is 0 Å². The summed E-state index contributed by atoms with van der Waals surface area (Å²) in [6.45, 7) is 4.34. The van der Waals surface area contributed by atoms with Crippen LogP contribution >= 0.6 is 0 Å². The molecule has 0 spiro atoms. The highest BCUT2D eigenvalue weighted by molar-refractivity contribution is 4.89. The molecule has 0 aromatic rings. The summed E-state index contributed by atoms with van der Waals surface area (Å²) in [6.07, 6.45) is 7.04. The molecule has 1 saturated carbocycles. The summed E-state index contributed by atoms with van der Waals surface area (Å²) in [5.41, 5.74) is 5.97. The lowest BCUT2D eigenvalue weighted by Crippen LogP contribution is -2.42. The Morgan fingerprint density at radius 2 is 1.94 bits per heavy atom. The Kier molecular flexibility index (Phi) is 4.22. The smallest absolute Gasteiger partial charge is 0.0695 e. The van der Waals surface area contributed by atoms with Crippen molar-refractivity contribution in [3.05, 3.63) is 0 Å². The van der Waals surface area contributed by atoms with Crippen LogP contribution in [0.5, 0.6) is 0 Å². The zero-order chi connectivity index (χ0) is 11.5. The van der Waals surface area contributed by atoms with Crippen LogP contribution in [0.2, 0.25) is 0 Å². The van der Waals surface area contributed by atoms with E-state index in [1.54, 1.807) is 0 Å². The van der Waals surface area contributed by atoms with Crippen molar-refractivity contribution < 1.29 is 5.11 Å². The molecular formula is C13H26N2O. The summed E-state index contributed by atoms with van der Waals surface area (Å²) in [5.74, 6) is 0.635. The van der Waals surface area contributed by atoms with E-state index in [9.17, 15) is 5.11 Å². The molecule has 0 radical (unpaired) electrons. The van der Waals surface area contributed by atoms with Crippen LogP contribution in [0.25, 0.3) is 0 Å². The monoisotopic (exact) mass is 226 g/mol. The Morgan fingerprint density at radius 3 is 2.62 bits per heavy atom. The molecule has 0 amide bonds. The molecule has 3 N–H and O–H groups in total. The van der Waals surface area contributed by atoms with Crippen molar-refractivity contribution >= 4 is 0 Å². The zero-order valence-electron chi connectivity index (χ0n) is 10.4. The SMILES string of the molecule is CC(N)C1CCN(C2CCCCCC2O)C1. The Hall–Kier alpha value is -0.120. The van der Waals surface area contributed by atoms with E-state index in [0.29, 0.717) is 18.0 Å². The van der Waals surface area contributed by atoms with Gasteiger partial charge >= 0.3 is 0 Å². The lowest BCUT2D eigenvalue weighted by molar-refractivity contribution is 0.0545. The molecule has 16 heavy (non-hydrogen) atoms. The number of nitrogens with two attached hydrogens (primary N) is 1. The van der Waals surface area contributed by atoms with Gasteiger partial charge in [0.05, 0.1) is 6.10 Å². The van der Waals surface area contributed by atoms with Gasteiger partial charge in [-0.3, -0.25) is 4.90 Å². The molecule has 2 aliphatic rings. The molecule has 0 aromatic carbocycles. The van der Waals surface area contributed by atoms with Crippen LogP contribution < -0.4 is 5.73 Å². The number of aliphatic hydroxyl groups is 1. The summed E-state index contributed by atoms with van der Waals surface area (Å²) in [4.78, 5) is 2.49. The molecule has 2 rings (SSSR count). The molecule has 1 saturated heterocycles. The van der Waals surface area contributed by atoms with Crippen LogP contribution in [0.4, 0.5) is 0 Å². The highest BCUT2D eigenvalue weighted by Crippen LogP contribution is 2.28. The topological polar surface area (TPSA) is 49.5 Å². The Labute approximate surface area is 99.0 Å². The minimum Gasteiger partial charge on any atom is -0.391 e. The van der Waals surface area contributed by atoms with Gasteiger partial charge in [-0.15, -0.1) is 0 Å². The van der Waals surface area contributed by atoms with E-state index in [0.717, 1.165) is 19.5 Å². The summed E-state index contributed by atoms with van der Waals surface area (Å²) in [5, 5.41) is 10.2. The maximum absolute atomic E-state index is 10.2. The third-order valence-corrected chi connectivity index (χ3v) is 4.41. The van der Waals surface area contributed by atoms with Crippen LogP contribution in [-0.4, -0.2) is 41.3 Å². The first-order chi connectivity index (χ1) is 7.68. The van der Waals surface area contributed by atoms with Crippen molar-refractivity contribution in [2.45, 2.75) is 63.6 Å². The highest BCUT2D eigenvalue weighted by Gasteiger charge is 2.33.